The Labute approximate surface area is 98.7 Å². The number of carbonyl (C=O) groups excluding carboxylic acids is 1. The molecule has 92 valence electrons. The van der Waals surface area contributed by atoms with E-state index in [-0.39, 0.29) is 17.5 Å². The van der Waals surface area contributed by atoms with Crippen LogP contribution in [0.1, 0.15) is 47.5 Å². The fourth-order valence-corrected chi connectivity index (χ4v) is 3.32. The first kappa shape index (κ1) is 11.9. The maximum Gasteiger partial charge on any atom is 0.311 e. The maximum absolute atomic E-state index is 11.9. The number of hydrogen-bond donors (Lipinski definition) is 0. The van der Waals surface area contributed by atoms with Gasteiger partial charge in [-0.1, -0.05) is 13.8 Å². The van der Waals surface area contributed by atoms with Gasteiger partial charge in [-0.3, -0.25) is 4.79 Å². The summed E-state index contributed by atoms with van der Waals surface area (Å²) in [6.45, 7) is 10.4. The molecule has 5 unspecified atom stereocenters. The number of esters is 1. The van der Waals surface area contributed by atoms with Crippen LogP contribution in [0.15, 0.2) is 0 Å². The zero-order valence-electron chi connectivity index (χ0n) is 11.1. The van der Waals surface area contributed by atoms with E-state index < -0.39 is 0 Å². The Bertz CT molecular complexity index is 288. The van der Waals surface area contributed by atoms with Crippen LogP contribution < -0.4 is 0 Å². The van der Waals surface area contributed by atoms with E-state index in [4.69, 9.17) is 4.74 Å². The normalized spacial score (nSPS) is 42.4. The Morgan fingerprint density at radius 3 is 2.19 bits per heavy atom. The largest absolute Gasteiger partial charge is 0.462 e. The van der Waals surface area contributed by atoms with Gasteiger partial charge in [0.15, 0.2) is 0 Å². The van der Waals surface area contributed by atoms with Crippen molar-refractivity contribution in [3.05, 3.63) is 0 Å². The van der Waals surface area contributed by atoms with Crippen molar-refractivity contribution in [2.24, 2.45) is 29.1 Å². The van der Waals surface area contributed by atoms with Crippen molar-refractivity contribution in [1.82, 2.24) is 0 Å². The SMILES string of the molecule is CC1C2CC(OC(=O)C(C)(C)C)C(C2)C1C. The molecule has 2 nitrogen and oxygen atoms in total. The molecule has 5 atom stereocenters. The van der Waals surface area contributed by atoms with Crippen molar-refractivity contribution >= 4 is 5.97 Å². The van der Waals surface area contributed by atoms with E-state index in [1.165, 1.54) is 6.42 Å². The Balaban J connectivity index is 1.98. The summed E-state index contributed by atoms with van der Waals surface area (Å²) in [5.41, 5.74) is -0.364. The van der Waals surface area contributed by atoms with Crippen LogP contribution in [-0.4, -0.2) is 12.1 Å². The van der Waals surface area contributed by atoms with E-state index in [9.17, 15) is 4.79 Å². The van der Waals surface area contributed by atoms with Gasteiger partial charge in [0.25, 0.3) is 0 Å². The van der Waals surface area contributed by atoms with E-state index in [1.807, 2.05) is 20.8 Å². The number of carbonyl (C=O) groups is 1. The first-order valence-corrected chi connectivity index (χ1v) is 6.51. The average molecular weight is 224 g/mol. The maximum atomic E-state index is 11.9. The van der Waals surface area contributed by atoms with Crippen LogP contribution in [-0.2, 0) is 9.53 Å². The highest BCUT2D eigenvalue weighted by Gasteiger charge is 2.50. The lowest BCUT2D eigenvalue weighted by atomic mass is 9.80. The topological polar surface area (TPSA) is 26.3 Å². The van der Waals surface area contributed by atoms with Gasteiger partial charge in [-0.2, -0.15) is 0 Å². The molecule has 0 aliphatic heterocycles. The van der Waals surface area contributed by atoms with Crippen LogP contribution in [0.3, 0.4) is 0 Å². The van der Waals surface area contributed by atoms with Crippen molar-refractivity contribution in [2.75, 3.05) is 0 Å². The van der Waals surface area contributed by atoms with Gasteiger partial charge in [-0.05, 0) is 57.3 Å². The van der Waals surface area contributed by atoms with E-state index in [2.05, 4.69) is 13.8 Å². The summed E-state index contributed by atoms with van der Waals surface area (Å²) in [5, 5.41) is 0. The molecular formula is C14H24O2. The van der Waals surface area contributed by atoms with Crippen LogP contribution in [0, 0.1) is 29.1 Å². The van der Waals surface area contributed by atoms with Crippen molar-refractivity contribution in [2.45, 2.75) is 53.6 Å². The lowest BCUT2D eigenvalue weighted by Gasteiger charge is -2.32. The second kappa shape index (κ2) is 3.75. The van der Waals surface area contributed by atoms with Crippen molar-refractivity contribution in [3.63, 3.8) is 0 Å². The molecule has 2 bridgehead atoms. The molecule has 0 aromatic heterocycles. The van der Waals surface area contributed by atoms with Crippen molar-refractivity contribution in [3.8, 4) is 0 Å². The molecule has 16 heavy (non-hydrogen) atoms. The number of fused-ring (bicyclic) bond motifs is 2. The van der Waals surface area contributed by atoms with Gasteiger partial charge in [0.05, 0.1) is 5.41 Å². The smallest absolute Gasteiger partial charge is 0.311 e. The Kier molecular flexibility index (Phi) is 2.80. The molecule has 0 amide bonds. The molecule has 2 saturated carbocycles. The summed E-state index contributed by atoms with van der Waals surface area (Å²) in [6.07, 6.45) is 2.56. The third-order valence-corrected chi connectivity index (χ3v) is 4.71. The van der Waals surface area contributed by atoms with Gasteiger partial charge < -0.3 is 4.74 Å². The molecule has 0 aromatic carbocycles. The molecule has 2 rings (SSSR count). The molecule has 2 heteroatoms. The van der Waals surface area contributed by atoms with E-state index >= 15 is 0 Å². The lowest BCUT2D eigenvalue weighted by Crippen LogP contribution is -2.35. The standard InChI is InChI=1S/C14H24O2/c1-8-9(2)11-6-10(8)7-12(11)16-13(15)14(3,4)5/h8-12H,6-7H2,1-5H3. The Morgan fingerprint density at radius 1 is 1.12 bits per heavy atom. The number of rotatable bonds is 1. The summed E-state index contributed by atoms with van der Waals surface area (Å²) >= 11 is 0. The minimum atomic E-state index is -0.364. The van der Waals surface area contributed by atoms with Gasteiger partial charge in [0.1, 0.15) is 6.10 Å². The molecule has 2 fully saturated rings. The highest BCUT2D eigenvalue weighted by Crippen LogP contribution is 2.53. The summed E-state index contributed by atoms with van der Waals surface area (Å²) < 4.78 is 5.69. The van der Waals surface area contributed by atoms with Crippen LogP contribution in [0.4, 0.5) is 0 Å². The molecule has 0 radical (unpaired) electrons. The highest BCUT2D eigenvalue weighted by molar-refractivity contribution is 5.75. The van der Waals surface area contributed by atoms with Crippen LogP contribution in [0.5, 0.6) is 0 Å². The predicted molar refractivity (Wildman–Crippen MR) is 63.9 cm³/mol. The van der Waals surface area contributed by atoms with Crippen LogP contribution in [0.25, 0.3) is 0 Å². The monoisotopic (exact) mass is 224 g/mol. The van der Waals surface area contributed by atoms with E-state index in [1.54, 1.807) is 0 Å². The average Bonchev–Trinajstić information content (AvgIpc) is 2.67. The second-order valence-corrected chi connectivity index (χ2v) is 6.81. The third kappa shape index (κ3) is 1.87. The van der Waals surface area contributed by atoms with Gasteiger partial charge in [-0.25, -0.2) is 0 Å². The zero-order chi connectivity index (χ0) is 12.1. The van der Waals surface area contributed by atoms with E-state index in [0.717, 1.165) is 24.2 Å². The molecule has 0 N–H and O–H groups in total. The zero-order valence-corrected chi connectivity index (χ0v) is 11.1. The molecule has 0 heterocycles. The van der Waals surface area contributed by atoms with E-state index in [0.29, 0.717) is 5.92 Å². The summed E-state index contributed by atoms with van der Waals surface area (Å²) in [4.78, 5) is 11.9. The van der Waals surface area contributed by atoms with Crippen molar-refractivity contribution in [1.29, 1.82) is 0 Å². The number of hydrogen-bond acceptors (Lipinski definition) is 2. The molecule has 2 aliphatic carbocycles. The molecule has 0 saturated heterocycles. The first-order chi connectivity index (χ1) is 7.30. The molecule has 2 aliphatic rings. The first-order valence-electron chi connectivity index (χ1n) is 6.51. The quantitative estimate of drug-likeness (QED) is 0.639. The minimum Gasteiger partial charge on any atom is -0.462 e. The fraction of sp³-hybridized carbons (Fsp3) is 0.929. The summed E-state index contributed by atoms with van der Waals surface area (Å²) in [5.74, 6) is 2.90. The number of ether oxygens (including phenoxy) is 1. The highest BCUT2D eigenvalue weighted by atomic mass is 16.5. The van der Waals surface area contributed by atoms with Gasteiger partial charge in [-0.15, -0.1) is 0 Å². The van der Waals surface area contributed by atoms with Crippen LogP contribution in [0.2, 0.25) is 0 Å². The van der Waals surface area contributed by atoms with Gasteiger partial charge in [0, 0.05) is 0 Å². The second-order valence-electron chi connectivity index (χ2n) is 6.81. The molecule has 0 aromatic rings. The predicted octanol–water partition coefficient (Wildman–Crippen LogP) is 3.26. The van der Waals surface area contributed by atoms with Gasteiger partial charge in [0.2, 0.25) is 0 Å². The molecule has 0 spiro atoms. The Hall–Kier alpha value is -0.530. The summed E-state index contributed by atoms with van der Waals surface area (Å²) in [7, 11) is 0. The Morgan fingerprint density at radius 2 is 1.75 bits per heavy atom. The van der Waals surface area contributed by atoms with Gasteiger partial charge >= 0.3 is 5.97 Å². The lowest BCUT2D eigenvalue weighted by molar-refractivity contribution is -0.162. The molecular weight excluding hydrogens is 200 g/mol. The van der Waals surface area contributed by atoms with Crippen molar-refractivity contribution < 1.29 is 9.53 Å². The minimum absolute atomic E-state index is 0.0371. The summed E-state index contributed by atoms with van der Waals surface area (Å²) in [6, 6.07) is 0. The van der Waals surface area contributed by atoms with Crippen LogP contribution >= 0.6 is 0 Å². The fourth-order valence-electron chi connectivity index (χ4n) is 3.32. The third-order valence-electron chi connectivity index (χ3n) is 4.71.